The first kappa shape index (κ1) is 21.5. The first-order chi connectivity index (χ1) is 14.3. The monoisotopic (exact) mass is 427 g/mol. The molecule has 3 rings (SSSR count). The van der Waals surface area contributed by atoms with Crippen LogP contribution in [0.4, 0.5) is 5.69 Å². The minimum atomic E-state index is -3.91. The van der Waals surface area contributed by atoms with Crippen molar-refractivity contribution in [2.24, 2.45) is 0 Å². The molecule has 0 unspecified atom stereocenters. The van der Waals surface area contributed by atoms with Crippen molar-refractivity contribution in [3.05, 3.63) is 77.4 Å². The van der Waals surface area contributed by atoms with Gasteiger partial charge in [-0.2, -0.15) is 0 Å². The quantitative estimate of drug-likeness (QED) is 0.604. The zero-order valence-electron chi connectivity index (χ0n) is 17.4. The summed E-state index contributed by atoms with van der Waals surface area (Å²) in [5, 5.41) is 9.57. The molecule has 0 radical (unpaired) electrons. The number of phenols is 1. The van der Waals surface area contributed by atoms with E-state index in [2.05, 4.69) is 0 Å². The Bertz CT molecular complexity index is 1140. The maximum absolute atomic E-state index is 13.6. The molecule has 0 atom stereocenters. The predicted molar refractivity (Wildman–Crippen MR) is 117 cm³/mol. The van der Waals surface area contributed by atoms with E-state index < -0.39 is 10.0 Å². The third kappa shape index (κ3) is 4.21. The Morgan fingerprint density at radius 2 is 1.63 bits per heavy atom. The number of hydrogen-bond donors (Lipinski definition) is 1. The molecule has 0 amide bonds. The fraction of sp³-hybridized carbons (Fsp3) is 0.217. The van der Waals surface area contributed by atoms with E-state index in [1.54, 1.807) is 31.4 Å². The van der Waals surface area contributed by atoms with Gasteiger partial charge in [0, 0.05) is 11.6 Å². The van der Waals surface area contributed by atoms with Crippen molar-refractivity contribution in [1.82, 2.24) is 0 Å². The van der Waals surface area contributed by atoms with E-state index in [1.165, 1.54) is 35.7 Å². The summed E-state index contributed by atoms with van der Waals surface area (Å²) in [4.78, 5) is 0.0914. The Kier molecular flexibility index (Phi) is 6.22. The molecule has 0 aromatic heterocycles. The highest BCUT2D eigenvalue weighted by Gasteiger charge is 2.28. The number of phenolic OH excluding ortho intramolecular Hbond substituents is 1. The number of benzene rings is 3. The number of aromatic hydroxyl groups is 1. The third-order valence-corrected chi connectivity index (χ3v) is 6.85. The van der Waals surface area contributed by atoms with Gasteiger partial charge in [-0.25, -0.2) is 8.42 Å². The van der Waals surface area contributed by atoms with Crippen molar-refractivity contribution in [3.8, 4) is 17.2 Å². The molecular weight excluding hydrogens is 402 g/mol. The van der Waals surface area contributed by atoms with Gasteiger partial charge in [0.1, 0.15) is 17.2 Å². The average Bonchev–Trinajstić information content (AvgIpc) is 2.74. The van der Waals surface area contributed by atoms with Gasteiger partial charge in [0.25, 0.3) is 10.0 Å². The molecule has 3 aromatic carbocycles. The van der Waals surface area contributed by atoms with Crippen LogP contribution in [-0.2, 0) is 16.6 Å². The van der Waals surface area contributed by atoms with Crippen LogP contribution >= 0.6 is 0 Å². The fourth-order valence-electron chi connectivity index (χ4n) is 3.19. The molecule has 0 spiro atoms. The zero-order valence-corrected chi connectivity index (χ0v) is 18.2. The van der Waals surface area contributed by atoms with Crippen LogP contribution in [0.5, 0.6) is 17.2 Å². The summed E-state index contributed by atoms with van der Waals surface area (Å²) in [6.45, 7) is 3.91. The predicted octanol–water partition coefficient (Wildman–Crippen LogP) is 4.42. The lowest BCUT2D eigenvalue weighted by atomic mass is 10.1. The number of ether oxygens (including phenoxy) is 2. The number of sulfonamides is 1. The Hall–Kier alpha value is -3.19. The summed E-state index contributed by atoms with van der Waals surface area (Å²) >= 11 is 0. The molecule has 3 aromatic rings. The van der Waals surface area contributed by atoms with E-state index in [-0.39, 0.29) is 17.2 Å². The Labute approximate surface area is 177 Å². The molecule has 0 saturated heterocycles. The number of anilines is 1. The van der Waals surface area contributed by atoms with E-state index >= 15 is 0 Å². The second kappa shape index (κ2) is 8.67. The lowest BCUT2D eigenvalue weighted by Gasteiger charge is -2.27. The number of hydrogen-bond acceptors (Lipinski definition) is 5. The molecule has 0 bridgehead atoms. The van der Waals surface area contributed by atoms with Gasteiger partial charge in [0.05, 0.1) is 31.3 Å². The van der Waals surface area contributed by atoms with Crippen LogP contribution in [0.25, 0.3) is 0 Å². The molecule has 30 heavy (non-hydrogen) atoms. The molecule has 1 N–H and O–H groups in total. The summed E-state index contributed by atoms with van der Waals surface area (Å²) in [6, 6.07) is 16.4. The maximum Gasteiger partial charge on any atom is 0.264 e. The topological polar surface area (TPSA) is 76.1 Å². The van der Waals surface area contributed by atoms with Gasteiger partial charge in [-0.1, -0.05) is 12.1 Å². The molecule has 7 heteroatoms. The van der Waals surface area contributed by atoms with Crippen molar-refractivity contribution < 1.29 is 23.0 Å². The molecule has 0 saturated carbocycles. The molecule has 6 nitrogen and oxygen atoms in total. The van der Waals surface area contributed by atoms with E-state index in [0.29, 0.717) is 22.7 Å². The normalized spacial score (nSPS) is 11.2. The summed E-state index contributed by atoms with van der Waals surface area (Å²) in [5.74, 6) is 1.16. The first-order valence-electron chi connectivity index (χ1n) is 9.37. The van der Waals surface area contributed by atoms with Crippen molar-refractivity contribution in [2.45, 2.75) is 25.3 Å². The SMILES string of the molecule is COc1ccc(CN(c2cccc(C)c2C)S(=O)(=O)c2ccc(O)cc2)c(OC)c1. The second-order valence-corrected chi connectivity index (χ2v) is 8.76. The summed E-state index contributed by atoms with van der Waals surface area (Å²) < 4.78 is 39.3. The van der Waals surface area contributed by atoms with Crippen LogP contribution in [0.3, 0.4) is 0 Å². The molecule has 158 valence electrons. The Balaban J connectivity index is 2.16. The van der Waals surface area contributed by atoms with Crippen LogP contribution in [0.2, 0.25) is 0 Å². The van der Waals surface area contributed by atoms with Crippen LogP contribution in [0, 0.1) is 13.8 Å². The third-order valence-electron chi connectivity index (χ3n) is 5.08. The van der Waals surface area contributed by atoms with Crippen LogP contribution in [0.15, 0.2) is 65.6 Å². The van der Waals surface area contributed by atoms with Crippen molar-refractivity contribution >= 4 is 15.7 Å². The van der Waals surface area contributed by atoms with Gasteiger partial charge >= 0.3 is 0 Å². The summed E-state index contributed by atoms with van der Waals surface area (Å²) in [7, 11) is -0.815. The lowest BCUT2D eigenvalue weighted by molar-refractivity contribution is 0.391. The number of methoxy groups -OCH3 is 2. The van der Waals surface area contributed by atoms with Gasteiger partial charge in [-0.15, -0.1) is 0 Å². The highest BCUT2D eigenvalue weighted by molar-refractivity contribution is 7.92. The molecule has 0 heterocycles. The highest BCUT2D eigenvalue weighted by Crippen LogP contribution is 2.33. The van der Waals surface area contributed by atoms with Crippen molar-refractivity contribution in [2.75, 3.05) is 18.5 Å². The molecular formula is C23H25NO5S. The fourth-order valence-corrected chi connectivity index (χ4v) is 4.69. The Morgan fingerprint density at radius 1 is 0.933 bits per heavy atom. The lowest BCUT2D eigenvalue weighted by Crippen LogP contribution is -2.31. The molecule has 0 aliphatic rings. The van der Waals surface area contributed by atoms with Crippen LogP contribution in [-0.4, -0.2) is 27.7 Å². The van der Waals surface area contributed by atoms with Gasteiger partial charge < -0.3 is 14.6 Å². The number of aryl methyl sites for hydroxylation is 1. The van der Waals surface area contributed by atoms with Crippen molar-refractivity contribution in [3.63, 3.8) is 0 Å². The smallest absolute Gasteiger partial charge is 0.264 e. The molecule has 0 aliphatic heterocycles. The standard InChI is InChI=1S/C23H25NO5S/c1-16-6-5-7-22(17(16)2)24(30(26,27)21-12-9-19(25)10-13-21)15-18-8-11-20(28-3)14-23(18)29-4/h5-14,25H,15H2,1-4H3. The highest BCUT2D eigenvalue weighted by atomic mass is 32.2. The van der Waals surface area contributed by atoms with Gasteiger partial charge in [0.15, 0.2) is 0 Å². The first-order valence-corrected chi connectivity index (χ1v) is 10.8. The maximum atomic E-state index is 13.6. The number of rotatable bonds is 7. The molecule has 0 aliphatic carbocycles. The minimum Gasteiger partial charge on any atom is -0.508 e. The van der Waals surface area contributed by atoms with E-state index in [4.69, 9.17) is 9.47 Å². The second-order valence-electron chi connectivity index (χ2n) is 6.90. The van der Waals surface area contributed by atoms with Gasteiger partial charge in [-0.3, -0.25) is 4.31 Å². The van der Waals surface area contributed by atoms with Gasteiger partial charge in [0.2, 0.25) is 0 Å². The zero-order chi connectivity index (χ0) is 21.9. The molecule has 0 fully saturated rings. The number of nitrogens with zero attached hydrogens (tertiary/aromatic N) is 1. The minimum absolute atomic E-state index is 0.00376. The van der Waals surface area contributed by atoms with Crippen LogP contribution < -0.4 is 13.8 Å². The summed E-state index contributed by atoms with van der Waals surface area (Å²) in [6.07, 6.45) is 0. The van der Waals surface area contributed by atoms with E-state index in [0.717, 1.165) is 11.1 Å². The van der Waals surface area contributed by atoms with E-state index in [9.17, 15) is 13.5 Å². The summed E-state index contributed by atoms with van der Waals surface area (Å²) in [5.41, 5.74) is 3.13. The Morgan fingerprint density at radius 3 is 2.27 bits per heavy atom. The van der Waals surface area contributed by atoms with E-state index in [1.807, 2.05) is 26.0 Å². The average molecular weight is 428 g/mol. The van der Waals surface area contributed by atoms with Crippen LogP contribution in [0.1, 0.15) is 16.7 Å². The van der Waals surface area contributed by atoms with Gasteiger partial charge in [-0.05, 0) is 67.4 Å². The van der Waals surface area contributed by atoms with Crippen molar-refractivity contribution in [1.29, 1.82) is 0 Å². The largest absolute Gasteiger partial charge is 0.508 e.